The quantitative estimate of drug-likeness (QED) is 0.157. The van der Waals surface area contributed by atoms with E-state index in [1.165, 1.54) is 56.7 Å². The van der Waals surface area contributed by atoms with Crippen LogP contribution in [-0.2, 0) is 0 Å². The third-order valence-corrected chi connectivity index (χ3v) is 6.84. The van der Waals surface area contributed by atoms with Crippen molar-refractivity contribution in [2.24, 2.45) is 5.92 Å². The van der Waals surface area contributed by atoms with Gasteiger partial charge in [-0.05, 0) is 78.8 Å². The van der Waals surface area contributed by atoms with Crippen LogP contribution in [0.25, 0.3) is 10.8 Å². The second-order valence-corrected chi connectivity index (χ2v) is 9.12. The molecule has 3 aromatic carbocycles. The molecule has 0 N–H and O–H groups in total. The molecule has 1 aliphatic carbocycles. The van der Waals surface area contributed by atoms with Crippen LogP contribution in [0.5, 0.6) is 0 Å². The van der Waals surface area contributed by atoms with Crippen molar-refractivity contribution in [2.45, 2.75) is 64.2 Å². The molecule has 0 saturated heterocycles. The minimum Gasteiger partial charge on any atom is -0.206 e. The van der Waals surface area contributed by atoms with Crippen LogP contribution in [0.2, 0.25) is 0 Å². The van der Waals surface area contributed by atoms with E-state index in [1.54, 1.807) is 12.1 Å². The van der Waals surface area contributed by atoms with Crippen molar-refractivity contribution < 1.29 is 17.6 Å². The van der Waals surface area contributed by atoms with Crippen molar-refractivity contribution in [1.82, 2.24) is 0 Å². The van der Waals surface area contributed by atoms with E-state index in [9.17, 15) is 17.6 Å². The zero-order valence-electron chi connectivity index (χ0n) is 18.9. The van der Waals surface area contributed by atoms with Gasteiger partial charge in [0.1, 0.15) is 5.82 Å². The van der Waals surface area contributed by atoms with Crippen molar-refractivity contribution in [3.63, 3.8) is 0 Å². The van der Waals surface area contributed by atoms with Gasteiger partial charge in [0.25, 0.3) is 0 Å². The number of hydrogen-bond acceptors (Lipinski definition) is 0. The average Bonchev–Trinajstić information content (AvgIpc) is 2.82. The Balaban J connectivity index is 1.45. The van der Waals surface area contributed by atoms with E-state index in [4.69, 9.17) is 0 Å². The second-order valence-electron chi connectivity index (χ2n) is 9.12. The van der Waals surface area contributed by atoms with Gasteiger partial charge in [-0.25, -0.2) is 17.6 Å². The van der Waals surface area contributed by atoms with E-state index in [-0.39, 0.29) is 22.2 Å². The lowest BCUT2D eigenvalue weighted by atomic mass is 9.77. The molecule has 0 radical (unpaired) electrons. The lowest BCUT2D eigenvalue weighted by Gasteiger charge is -2.29. The molecule has 3 aromatic rings. The Labute approximate surface area is 193 Å². The normalized spacial score (nSPS) is 18.2. The van der Waals surface area contributed by atoms with Gasteiger partial charge >= 0.3 is 0 Å². The highest BCUT2D eigenvalue weighted by Gasteiger charge is 2.22. The van der Waals surface area contributed by atoms with Crippen LogP contribution in [0.1, 0.15) is 80.9 Å². The van der Waals surface area contributed by atoms with Crippen LogP contribution in [-0.4, -0.2) is 0 Å². The monoisotopic (exact) mass is 452 g/mol. The lowest BCUT2D eigenvalue weighted by molar-refractivity contribution is 0.302. The number of rotatable bonds is 5. The minimum atomic E-state index is -1.49. The second kappa shape index (κ2) is 10.4. The summed E-state index contributed by atoms with van der Waals surface area (Å²) in [6, 6.07) is 10.5. The van der Waals surface area contributed by atoms with Crippen molar-refractivity contribution in [1.29, 1.82) is 0 Å². The Hall–Kier alpha value is -2.80. The maximum Gasteiger partial charge on any atom is 0.195 e. The summed E-state index contributed by atoms with van der Waals surface area (Å²) in [5, 5.41) is 0.189. The standard InChI is InChI=1S/C29H28F4/c1-2-3-4-5-19-6-10-21(11-7-19)23-14-13-22(26(30)17-23)12-8-20-9-15-25-24(16-20)18-27(31)29(33)28(25)32/h9,13-19,21H,2-7,10-11H2,1H3. The summed E-state index contributed by atoms with van der Waals surface area (Å²) >= 11 is 0. The molecule has 0 amide bonds. The van der Waals surface area contributed by atoms with E-state index in [2.05, 4.69) is 18.8 Å². The summed E-state index contributed by atoms with van der Waals surface area (Å²) in [6.45, 7) is 2.23. The molecule has 0 nitrogen and oxygen atoms in total. The summed E-state index contributed by atoms with van der Waals surface area (Å²) in [5.41, 5.74) is 1.78. The molecular weight excluding hydrogens is 424 g/mol. The highest BCUT2D eigenvalue weighted by Crippen LogP contribution is 2.38. The van der Waals surface area contributed by atoms with Crippen LogP contribution in [0.15, 0.2) is 42.5 Å². The van der Waals surface area contributed by atoms with E-state index in [0.717, 1.165) is 30.4 Å². The first-order chi connectivity index (χ1) is 16.0. The minimum absolute atomic E-state index is 0.0185. The first-order valence-electron chi connectivity index (χ1n) is 11.8. The summed E-state index contributed by atoms with van der Waals surface area (Å²) in [5.74, 6) is 2.55. The number of halogens is 4. The van der Waals surface area contributed by atoms with Gasteiger partial charge in [0, 0.05) is 10.9 Å². The molecule has 172 valence electrons. The van der Waals surface area contributed by atoms with E-state index >= 15 is 0 Å². The molecule has 1 aliphatic rings. The van der Waals surface area contributed by atoms with Crippen LogP contribution in [0.3, 0.4) is 0 Å². The van der Waals surface area contributed by atoms with Crippen molar-refractivity contribution in [2.75, 3.05) is 0 Å². The summed E-state index contributed by atoms with van der Waals surface area (Å²) in [6.07, 6.45) is 9.81. The van der Waals surface area contributed by atoms with Crippen molar-refractivity contribution in [3.8, 4) is 11.8 Å². The molecule has 0 heterocycles. The van der Waals surface area contributed by atoms with Crippen LogP contribution < -0.4 is 0 Å². The molecule has 1 saturated carbocycles. The Kier molecular flexibility index (Phi) is 7.38. The fourth-order valence-electron chi connectivity index (χ4n) is 4.88. The van der Waals surface area contributed by atoms with E-state index < -0.39 is 17.5 Å². The molecule has 0 aliphatic heterocycles. The molecule has 0 unspecified atom stereocenters. The summed E-state index contributed by atoms with van der Waals surface area (Å²) < 4.78 is 55.6. The topological polar surface area (TPSA) is 0 Å². The van der Waals surface area contributed by atoms with Gasteiger partial charge in [0.2, 0.25) is 0 Å². The average molecular weight is 453 g/mol. The van der Waals surface area contributed by atoms with Crippen molar-refractivity contribution in [3.05, 3.63) is 82.4 Å². The number of unbranched alkanes of at least 4 members (excludes halogenated alkanes) is 2. The first-order valence-corrected chi connectivity index (χ1v) is 11.8. The van der Waals surface area contributed by atoms with Crippen molar-refractivity contribution >= 4 is 10.8 Å². The Morgan fingerprint density at radius 2 is 1.58 bits per heavy atom. The maximum absolute atomic E-state index is 14.7. The van der Waals surface area contributed by atoms with E-state index in [1.807, 2.05) is 6.07 Å². The van der Waals surface area contributed by atoms with Gasteiger partial charge in [-0.3, -0.25) is 0 Å². The predicted octanol–water partition coefficient (Wildman–Crippen LogP) is 8.65. The lowest BCUT2D eigenvalue weighted by Crippen LogP contribution is -2.13. The molecule has 0 bridgehead atoms. The van der Waals surface area contributed by atoms with Crippen LogP contribution >= 0.6 is 0 Å². The molecule has 33 heavy (non-hydrogen) atoms. The van der Waals surface area contributed by atoms with Gasteiger partial charge in [0.15, 0.2) is 17.5 Å². The molecule has 0 spiro atoms. The zero-order chi connectivity index (χ0) is 23.4. The zero-order valence-corrected chi connectivity index (χ0v) is 18.9. The largest absolute Gasteiger partial charge is 0.206 e. The third kappa shape index (κ3) is 5.41. The van der Waals surface area contributed by atoms with Gasteiger partial charge in [0.05, 0.1) is 5.56 Å². The molecule has 4 rings (SSSR count). The number of hydrogen-bond donors (Lipinski definition) is 0. The highest BCUT2D eigenvalue weighted by atomic mass is 19.2. The molecular formula is C29H28F4. The molecule has 0 atom stereocenters. The molecule has 0 aromatic heterocycles. The van der Waals surface area contributed by atoms with Gasteiger partial charge in [-0.15, -0.1) is 0 Å². The van der Waals surface area contributed by atoms with Gasteiger partial charge < -0.3 is 0 Å². The SMILES string of the molecule is CCCCCC1CCC(c2ccc(C#Cc3ccc4c(F)c(F)c(F)cc4c3)c(F)c2)CC1. The number of fused-ring (bicyclic) bond motifs is 1. The van der Waals surface area contributed by atoms with Gasteiger partial charge in [-0.1, -0.05) is 56.6 Å². The summed E-state index contributed by atoms with van der Waals surface area (Å²) in [7, 11) is 0. The Bertz CT molecular complexity index is 1190. The van der Waals surface area contributed by atoms with Crippen LogP contribution in [0, 0.1) is 41.0 Å². The molecule has 1 fully saturated rings. The molecule has 4 heteroatoms. The predicted molar refractivity (Wildman–Crippen MR) is 125 cm³/mol. The highest BCUT2D eigenvalue weighted by molar-refractivity contribution is 5.84. The van der Waals surface area contributed by atoms with Gasteiger partial charge in [-0.2, -0.15) is 0 Å². The van der Waals surface area contributed by atoms with Crippen LogP contribution in [0.4, 0.5) is 17.6 Å². The fourth-order valence-corrected chi connectivity index (χ4v) is 4.88. The Morgan fingerprint density at radius 3 is 2.30 bits per heavy atom. The third-order valence-electron chi connectivity index (χ3n) is 6.84. The smallest absolute Gasteiger partial charge is 0.195 e. The fraction of sp³-hybridized carbons (Fsp3) is 0.379. The first kappa shape index (κ1) is 23.4. The number of benzene rings is 3. The maximum atomic E-state index is 14.7. The summed E-state index contributed by atoms with van der Waals surface area (Å²) in [4.78, 5) is 0. The van der Waals surface area contributed by atoms with E-state index in [0.29, 0.717) is 11.5 Å². The Morgan fingerprint density at radius 1 is 0.788 bits per heavy atom.